The Hall–Kier alpha value is -1.66. The second-order valence-corrected chi connectivity index (χ2v) is 6.67. The van der Waals surface area contributed by atoms with Gasteiger partial charge in [-0.2, -0.15) is 0 Å². The summed E-state index contributed by atoms with van der Waals surface area (Å²) in [7, 11) is -3.19. The van der Waals surface area contributed by atoms with Gasteiger partial charge in [0.1, 0.15) is 17.9 Å². The van der Waals surface area contributed by atoms with Crippen molar-refractivity contribution in [3.05, 3.63) is 36.5 Å². The molecule has 2 aromatic rings. The van der Waals surface area contributed by atoms with Crippen LogP contribution >= 0.6 is 0 Å². The van der Waals surface area contributed by atoms with E-state index in [1.807, 2.05) is 37.3 Å². The topological polar surface area (TPSA) is 68.3 Å². The van der Waals surface area contributed by atoms with E-state index in [0.29, 0.717) is 12.2 Å². The Bertz CT molecular complexity index is 681. The molecule has 0 saturated heterocycles. The quantitative estimate of drug-likeness (QED) is 0.760. The minimum Gasteiger partial charge on any atom is -0.490 e. The molecule has 114 valence electrons. The highest BCUT2D eigenvalue weighted by molar-refractivity contribution is 7.89. The van der Waals surface area contributed by atoms with Crippen molar-refractivity contribution in [1.29, 1.82) is 0 Å². The van der Waals surface area contributed by atoms with Crippen LogP contribution in [0.5, 0.6) is 5.75 Å². The third-order valence-corrected chi connectivity index (χ3v) is 4.51. The molecule has 0 saturated carbocycles. The first-order chi connectivity index (χ1) is 10.1. The minimum atomic E-state index is -3.19. The molecule has 0 bridgehead atoms. The van der Waals surface area contributed by atoms with Crippen LogP contribution in [0.4, 0.5) is 0 Å². The van der Waals surface area contributed by atoms with Crippen LogP contribution in [-0.2, 0) is 10.0 Å². The number of hydrogen-bond donors (Lipinski definition) is 1. The summed E-state index contributed by atoms with van der Waals surface area (Å²) in [5.41, 5.74) is 0.786. The number of benzene rings is 1. The zero-order chi connectivity index (χ0) is 15.1. The first-order valence-electron chi connectivity index (χ1n) is 7.06. The molecule has 0 fully saturated rings. The number of aromatic nitrogens is 1. The second kappa shape index (κ2) is 7.38. The van der Waals surface area contributed by atoms with E-state index in [1.165, 1.54) is 0 Å². The first-order valence-corrected chi connectivity index (χ1v) is 8.71. The van der Waals surface area contributed by atoms with Gasteiger partial charge in [0, 0.05) is 18.1 Å². The lowest BCUT2D eigenvalue weighted by Gasteiger charge is -2.09. The van der Waals surface area contributed by atoms with Crippen molar-refractivity contribution >= 4 is 20.9 Å². The molecular formula is C15H20N2O3S. The van der Waals surface area contributed by atoms with Gasteiger partial charge in [-0.15, -0.1) is 0 Å². The summed E-state index contributed by atoms with van der Waals surface area (Å²) in [5.74, 6) is 0.833. The Labute approximate surface area is 125 Å². The van der Waals surface area contributed by atoms with Crippen molar-refractivity contribution in [3.8, 4) is 5.75 Å². The lowest BCUT2D eigenvalue weighted by atomic mass is 10.2. The molecule has 0 radical (unpaired) electrons. The van der Waals surface area contributed by atoms with Crippen LogP contribution in [0.3, 0.4) is 0 Å². The Balaban J connectivity index is 1.88. The minimum absolute atomic E-state index is 0.166. The second-order valence-electron chi connectivity index (χ2n) is 4.75. The molecule has 21 heavy (non-hydrogen) atoms. The maximum Gasteiger partial charge on any atom is 0.211 e. The van der Waals surface area contributed by atoms with Crippen LogP contribution < -0.4 is 9.46 Å². The lowest BCUT2D eigenvalue weighted by Crippen LogP contribution is -2.30. The standard InChI is InChI=1S/C15H20N2O3S/c1-2-3-12-21(18,19)17-10-11-20-14-8-4-6-13-7-5-9-16-15(13)14/h4-9,17H,2-3,10-12H2,1H3. The largest absolute Gasteiger partial charge is 0.490 e. The normalized spacial score (nSPS) is 11.7. The van der Waals surface area contributed by atoms with E-state index in [9.17, 15) is 8.42 Å². The molecule has 0 aliphatic heterocycles. The van der Waals surface area contributed by atoms with Crippen molar-refractivity contribution in [2.24, 2.45) is 0 Å². The summed E-state index contributed by atoms with van der Waals surface area (Å²) in [6.45, 7) is 2.50. The molecule has 6 heteroatoms. The average Bonchev–Trinajstić information content (AvgIpc) is 2.50. The number of ether oxygens (including phenoxy) is 1. The summed E-state index contributed by atoms with van der Waals surface area (Å²) in [6, 6.07) is 9.52. The number of nitrogens with zero attached hydrogens (tertiary/aromatic N) is 1. The number of sulfonamides is 1. The molecule has 0 spiro atoms. The molecule has 0 amide bonds. The van der Waals surface area contributed by atoms with Gasteiger partial charge in [0.2, 0.25) is 10.0 Å². The highest BCUT2D eigenvalue weighted by Crippen LogP contribution is 2.22. The van der Waals surface area contributed by atoms with E-state index in [-0.39, 0.29) is 18.9 Å². The molecule has 0 aliphatic carbocycles. The van der Waals surface area contributed by atoms with Gasteiger partial charge in [-0.25, -0.2) is 13.1 Å². The zero-order valence-electron chi connectivity index (χ0n) is 12.1. The van der Waals surface area contributed by atoms with E-state index in [4.69, 9.17) is 4.74 Å². The van der Waals surface area contributed by atoms with Gasteiger partial charge in [-0.3, -0.25) is 4.98 Å². The fourth-order valence-corrected chi connectivity index (χ4v) is 3.16. The summed E-state index contributed by atoms with van der Waals surface area (Å²) >= 11 is 0. The van der Waals surface area contributed by atoms with Crippen LogP contribution in [0.2, 0.25) is 0 Å². The first kappa shape index (κ1) is 15.7. The smallest absolute Gasteiger partial charge is 0.211 e. The molecule has 0 aliphatic rings. The average molecular weight is 308 g/mol. The van der Waals surface area contributed by atoms with Crippen molar-refractivity contribution in [3.63, 3.8) is 0 Å². The zero-order valence-corrected chi connectivity index (χ0v) is 12.9. The summed E-state index contributed by atoms with van der Waals surface area (Å²) in [4.78, 5) is 4.29. The van der Waals surface area contributed by atoms with E-state index in [0.717, 1.165) is 17.3 Å². The molecular weight excluding hydrogens is 288 g/mol. The van der Waals surface area contributed by atoms with Crippen LogP contribution in [-0.4, -0.2) is 32.3 Å². The van der Waals surface area contributed by atoms with Gasteiger partial charge >= 0.3 is 0 Å². The van der Waals surface area contributed by atoms with Gasteiger partial charge in [0.25, 0.3) is 0 Å². The molecule has 1 aromatic carbocycles. The molecule has 1 aromatic heterocycles. The van der Waals surface area contributed by atoms with Crippen LogP contribution in [0.1, 0.15) is 19.8 Å². The molecule has 0 atom stereocenters. The fraction of sp³-hybridized carbons (Fsp3) is 0.400. The number of rotatable bonds is 8. The molecule has 1 heterocycles. The van der Waals surface area contributed by atoms with Crippen LogP contribution in [0.15, 0.2) is 36.5 Å². The number of hydrogen-bond acceptors (Lipinski definition) is 4. The van der Waals surface area contributed by atoms with Gasteiger partial charge < -0.3 is 4.74 Å². The SMILES string of the molecule is CCCCS(=O)(=O)NCCOc1cccc2cccnc12. The summed E-state index contributed by atoms with van der Waals surface area (Å²) in [5, 5.41) is 0.999. The lowest BCUT2D eigenvalue weighted by molar-refractivity contribution is 0.326. The maximum atomic E-state index is 11.6. The van der Waals surface area contributed by atoms with E-state index < -0.39 is 10.0 Å². The third-order valence-electron chi connectivity index (χ3n) is 3.04. The van der Waals surface area contributed by atoms with E-state index in [1.54, 1.807) is 6.20 Å². The summed E-state index contributed by atoms with van der Waals surface area (Å²) in [6.07, 6.45) is 3.24. The van der Waals surface area contributed by atoms with Gasteiger partial charge in [0.15, 0.2) is 0 Å². The number of fused-ring (bicyclic) bond motifs is 1. The molecule has 0 unspecified atom stereocenters. The Morgan fingerprint density at radius 2 is 2.05 bits per heavy atom. The van der Waals surface area contributed by atoms with E-state index in [2.05, 4.69) is 9.71 Å². The fourth-order valence-electron chi connectivity index (χ4n) is 1.96. The number of unbranched alkanes of at least 4 members (excludes halogenated alkanes) is 1. The van der Waals surface area contributed by atoms with Crippen molar-refractivity contribution < 1.29 is 13.2 Å². The maximum absolute atomic E-state index is 11.6. The molecule has 2 rings (SSSR count). The Morgan fingerprint density at radius 1 is 1.24 bits per heavy atom. The number of pyridine rings is 1. The van der Waals surface area contributed by atoms with Gasteiger partial charge in [0.05, 0.1) is 5.75 Å². The Kier molecular flexibility index (Phi) is 5.52. The predicted octanol–water partition coefficient (Wildman–Crippen LogP) is 2.33. The van der Waals surface area contributed by atoms with Crippen molar-refractivity contribution in [1.82, 2.24) is 9.71 Å². The van der Waals surface area contributed by atoms with Gasteiger partial charge in [-0.1, -0.05) is 31.5 Å². The monoisotopic (exact) mass is 308 g/mol. The molecule has 1 N–H and O–H groups in total. The number of para-hydroxylation sites is 1. The number of nitrogens with one attached hydrogen (secondary N) is 1. The third kappa shape index (κ3) is 4.68. The van der Waals surface area contributed by atoms with E-state index >= 15 is 0 Å². The highest BCUT2D eigenvalue weighted by atomic mass is 32.2. The molecule has 5 nitrogen and oxygen atoms in total. The van der Waals surface area contributed by atoms with Crippen LogP contribution in [0, 0.1) is 0 Å². The van der Waals surface area contributed by atoms with Crippen LogP contribution in [0.25, 0.3) is 10.9 Å². The predicted molar refractivity (Wildman–Crippen MR) is 83.9 cm³/mol. The van der Waals surface area contributed by atoms with Crippen molar-refractivity contribution in [2.45, 2.75) is 19.8 Å². The van der Waals surface area contributed by atoms with Crippen molar-refractivity contribution in [2.75, 3.05) is 18.9 Å². The van der Waals surface area contributed by atoms with Gasteiger partial charge in [-0.05, 0) is 18.6 Å². The summed E-state index contributed by atoms with van der Waals surface area (Å²) < 4.78 is 31.4. The Morgan fingerprint density at radius 3 is 2.86 bits per heavy atom. The highest BCUT2D eigenvalue weighted by Gasteiger charge is 2.08.